The third kappa shape index (κ3) is 2.33. The molecule has 0 bridgehead atoms. The number of ether oxygens (including phenoxy) is 1. The van der Waals surface area contributed by atoms with Crippen LogP contribution in [-0.2, 0) is 6.42 Å². The van der Waals surface area contributed by atoms with Crippen LogP contribution < -0.4 is 4.74 Å². The van der Waals surface area contributed by atoms with Crippen LogP contribution in [0.2, 0.25) is 0 Å². The summed E-state index contributed by atoms with van der Waals surface area (Å²) in [5, 5.41) is 0. The zero-order valence-electron chi connectivity index (χ0n) is 12.7. The second kappa shape index (κ2) is 4.97. The van der Waals surface area contributed by atoms with Crippen molar-refractivity contribution in [1.29, 1.82) is 0 Å². The van der Waals surface area contributed by atoms with Crippen LogP contribution in [0.5, 0.6) is 11.5 Å². The first-order valence-electron chi connectivity index (χ1n) is 7.48. The predicted molar refractivity (Wildman–Crippen MR) is 83.9 cm³/mol. The second-order valence-corrected chi connectivity index (χ2v) is 6.32. The van der Waals surface area contributed by atoms with Crippen LogP contribution in [0.1, 0.15) is 61.8 Å². The highest BCUT2D eigenvalue weighted by Gasteiger charge is 2.18. The van der Waals surface area contributed by atoms with Gasteiger partial charge in [0.25, 0.3) is 0 Å². The average Bonchev–Trinajstić information content (AvgIpc) is 2.43. The number of rotatable bonds is 2. The topological polar surface area (TPSA) is 9.23 Å². The molecule has 1 heterocycles. The van der Waals surface area contributed by atoms with Crippen LogP contribution in [0.15, 0.2) is 36.4 Å². The minimum absolute atomic E-state index is 0.536. The van der Waals surface area contributed by atoms with Gasteiger partial charge >= 0.3 is 0 Å². The van der Waals surface area contributed by atoms with E-state index in [2.05, 4.69) is 64.1 Å². The molecule has 0 saturated heterocycles. The van der Waals surface area contributed by atoms with Crippen LogP contribution in [0.3, 0.4) is 0 Å². The minimum Gasteiger partial charge on any atom is -0.457 e. The number of hydrogen-bond acceptors (Lipinski definition) is 1. The SMILES string of the molecule is CC(C)c1ccc2c(c1)Cc1ccc(C(C)C)cc1O2. The van der Waals surface area contributed by atoms with E-state index >= 15 is 0 Å². The third-order valence-corrected chi connectivity index (χ3v) is 4.11. The summed E-state index contributed by atoms with van der Waals surface area (Å²) in [7, 11) is 0. The Morgan fingerprint density at radius 3 is 2.10 bits per heavy atom. The van der Waals surface area contributed by atoms with E-state index in [9.17, 15) is 0 Å². The normalized spacial score (nSPS) is 13.1. The van der Waals surface area contributed by atoms with E-state index in [1.54, 1.807) is 0 Å². The molecular weight excluding hydrogens is 244 g/mol. The summed E-state index contributed by atoms with van der Waals surface area (Å²) in [6.07, 6.45) is 0.976. The van der Waals surface area contributed by atoms with Crippen molar-refractivity contribution in [2.45, 2.75) is 46.0 Å². The molecule has 1 heteroatoms. The van der Waals surface area contributed by atoms with Crippen molar-refractivity contribution in [3.05, 3.63) is 58.7 Å². The van der Waals surface area contributed by atoms with Gasteiger partial charge in [0.15, 0.2) is 0 Å². The van der Waals surface area contributed by atoms with E-state index in [0.717, 1.165) is 17.9 Å². The Kier molecular flexibility index (Phi) is 3.29. The monoisotopic (exact) mass is 266 g/mol. The van der Waals surface area contributed by atoms with Gasteiger partial charge in [-0.15, -0.1) is 0 Å². The van der Waals surface area contributed by atoms with E-state index < -0.39 is 0 Å². The van der Waals surface area contributed by atoms with Gasteiger partial charge in [-0.2, -0.15) is 0 Å². The smallest absolute Gasteiger partial charge is 0.131 e. The van der Waals surface area contributed by atoms with Gasteiger partial charge in [0, 0.05) is 6.42 Å². The van der Waals surface area contributed by atoms with Crippen LogP contribution in [-0.4, -0.2) is 0 Å². The van der Waals surface area contributed by atoms with Crippen molar-refractivity contribution >= 4 is 0 Å². The van der Waals surface area contributed by atoms with Crippen molar-refractivity contribution < 1.29 is 4.74 Å². The summed E-state index contributed by atoms with van der Waals surface area (Å²) >= 11 is 0. The Morgan fingerprint density at radius 1 is 0.750 bits per heavy atom. The van der Waals surface area contributed by atoms with Gasteiger partial charge in [-0.1, -0.05) is 52.0 Å². The predicted octanol–water partition coefficient (Wildman–Crippen LogP) is 5.63. The molecule has 0 aliphatic carbocycles. The number of benzene rings is 2. The first kappa shape index (κ1) is 13.2. The van der Waals surface area contributed by atoms with Gasteiger partial charge < -0.3 is 4.74 Å². The fourth-order valence-electron chi connectivity index (χ4n) is 2.69. The molecule has 3 rings (SSSR count). The van der Waals surface area contributed by atoms with Gasteiger partial charge in [-0.05, 0) is 46.2 Å². The summed E-state index contributed by atoms with van der Waals surface area (Å²) in [5.74, 6) is 3.14. The quantitative estimate of drug-likeness (QED) is 0.584. The molecular formula is C19H22O. The van der Waals surface area contributed by atoms with Crippen LogP contribution in [0.25, 0.3) is 0 Å². The molecule has 0 unspecified atom stereocenters. The molecule has 0 radical (unpaired) electrons. The summed E-state index contributed by atoms with van der Waals surface area (Å²) < 4.78 is 6.10. The van der Waals surface area contributed by atoms with E-state index in [4.69, 9.17) is 4.74 Å². The second-order valence-electron chi connectivity index (χ2n) is 6.32. The maximum absolute atomic E-state index is 6.10. The highest BCUT2D eigenvalue weighted by atomic mass is 16.5. The maximum atomic E-state index is 6.10. The van der Waals surface area contributed by atoms with Crippen molar-refractivity contribution in [3.63, 3.8) is 0 Å². The lowest BCUT2D eigenvalue weighted by molar-refractivity contribution is 0.458. The van der Waals surface area contributed by atoms with Crippen molar-refractivity contribution in [3.8, 4) is 11.5 Å². The lowest BCUT2D eigenvalue weighted by atomic mass is 9.93. The van der Waals surface area contributed by atoms with E-state index in [1.807, 2.05) is 0 Å². The van der Waals surface area contributed by atoms with E-state index in [0.29, 0.717) is 11.8 Å². The van der Waals surface area contributed by atoms with E-state index in [-0.39, 0.29) is 0 Å². The fourth-order valence-corrected chi connectivity index (χ4v) is 2.69. The van der Waals surface area contributed by atoms with Gasteiger partial charge in [0.05, 0.1) is 0 Å². The maximum Gasteiger partial charge on any atom is 0.131 e. The Hall–Kier alpha value is -1.76. The number of fused-ring (bicyclic) bond motifs is 2. The largest absolute Gasteiger partial charge is 0.457 e. The molecule has 1 aliphatic rings. The molecule has 1 nitrogen and oxygen atoms in total. The standard InChI is InChI=1S/C19H22O/c1-12(2)14-7-8-18-17(9-14)10-16-6-5-15(13(3)4)11-19(16)20-18/h5-9,11-13H,10H2,1-4H3. The molecule has 0 fully saturated rings. The van der Waals surface area contributed by atoms with Crippen LogP contribution in [0.4, 0.5) is 0 Å². The molecule has 104 valence electrons. The van der Waals surface area contributed by atoms with Crippen molar-refractivity contribution in [2.24, 2.45) is 0 Å². The zero-order chi connectivity index (χ0) is 14.3. The van der Waals surface area contributed by atoms with Crippen molar-refractivity contribution in [1.82, 2.24) is 0 Å². The van der Waals surface area contributed by atoms with Crippen molar-refractivity contribution in [2.75, 3.05) is 0 Å². The molecule has 20 heavy (non-hydrogen) atoms. The van der Waals surface area contributed by atoms with Gasteiger partial charge in [0.2, 0.25) is 0 Å². The summed E-state index contributed by atoms with van der Waals surface area (Å²) in [6, 6.07) is 13.2. The summed E-state index contributed by atoms with van der Waals surface area (Å²) in [6.45, 7) is 8.89. The Morgan fingerprint density at radius 2 is 1.40 bits per heavy atom. The number of hydrogen-bond donors (Lipinski definition) is 0. The van der Waals surface area contributed by atoms with Crippen LogP contribution in [0, 0.1) is 0 Å². The lowest BCUT2D eigenvalue weighted by Gasteiger charge is -2.22. The molecule has 0 aromatic heterocycles. The molecule has 2 aromatic rings. The van der Waals surface area contributed by atoms with E-state index in [1.165, 1.54) is 22.3 Å². The highest BCUT2D eigenvalue weighted by Crippen LogP contribution is 2.39. The first-order chi connectivity index (χ1) is 9.54. The van der Waals surface area contributed by atoms with Gasteiger partial charge in [-0.3, -0.25) is 0 Å². The minimum atomic E-state index is 0.536. The summed E-state index contributed by atoms with van der Waals surface area (Å²) in [5.41, 5.74) is 5.32. The fraction of sp³-hybridized carbons (Fsp3) is 0.368. The molecule has 0 spiro atoms. The Bertz CT molecular complexity index is 581. The Labute approximate surface area is 121 Å². The van der Waals surface area contributed by atoms with Gasteiger partial charge in [0.1, 0.15) is 11.5 Å². The Balaban J connectivity index is 1.97. The molecule has 2 aromatic carbocycles. The lowest BCUT2D eigenvalue weighted by Crippen LogP contribution is -2.05. The summed E-state index contributed by atoms with van der Waals surface area (Å²) in [4.78, 5) is 0. The highest BCUT2D eigenvalue weighted by molar-refractivity contribution is 5.52. The third-order valence-electron chi connectivity index (χ3n) is 4.11. The van der Waals surface area contributed by atoms with Gasteiger partial charge in [-0.25, -0.2) is 0 Å². The molecule has 0 N–H and O–H groups in total. The van der Waals surface area contributed by atoms with Crippen LogP contribution >= 0.6 is 0 Å². The molecule has 0 saturated carbocycles. The zero-order valence-corrected chi connectivity index (χ0v) is 12.7. The molecule has 0 amide bonds. The molecule has 0 atom stereocenters. The first-order valence-corrected chi connectivity index (χ1v) is 7.48. The average molecular weight is 266 g/mol. The molecule has 1 aliphatic heterocycles.